The molecular formula is C16H29NO4. The lowest BCUT2D eigenvalue weighted by Gasteiger charge is -2.36. The maximum Gasteiger partial charge on any atom is 0.410 e. The molecule has 5 nitrogen and oxygen atoms in total. The van der Waals surface area contributed by atoms with Gasteiger partial charge in [-0.25, -0.2) is 4.79 Å². The molecular weight excluding hydrogens is 270 g/mol. The highest BCUT2D eigenvalue weighted by molar-refractivity contribution is 5.72. The summed E-state index contributed by atoms with van der Waals surface area (Å²) in [6.45, 7) is 10.3. The number of amides is 1. The first-order chi connectivity index (χ1) is 9.74. The van der Waals surface area contributed by atoms with Crippen molar-refractivity contribution < 1.29 is 19.1 Å². The number of hydrogen-bond acceptors (Lipinski definition) is 4. The van der Waals surface area contributed by atoms with Gasteiger partial charge in [0.05, 0.1) is 12.0 Å². The van der Waals surface area contributed by atoms with Gasteiger partial charge in [0, 0.05) is 6.54 Å². The Kier molecular flexibility index (Phi) is 6.49. The van der Waals surface area contributed by atoms with E-state index in [-0.39, 0.29) is 30.6 Å². The monoisotopic (exact) mass is 299 g/mol. The van der Waals surface area contributed by atoms with Crippen LogP contribution in [-0.4, -0.2) is 41.8 Å². The average molecular weight is 299 g/mol. The third-order valence-electron chi connectivity index (χ3n) is 3.69. The van der Waals surface area contributed by atoms with Crippen LogP contribution in [-0.2, 0) is 14.3 Å². The van der Waals surface area contributed by atoms with Crippen molar-refractivity contribution in [2.24, 2.45) is 5.92 Å². The highest BCUT2D eigenvalue weighted by Crippen LogP contribution is 2.21. The van der Waals surface area contributed by atoms with Gasteiger partial charge < -0.3 is 14.4 Å². The molecule has 1 rings (SSSR count). The summed E-state index contributed by atoms with van der Waals surface area (Å²) in [7, 11) is 0. The van der Waals surface area contributed by atoms with Crippen LogP contribution in [0.25, 0.3) is 0 Å². The van der Waals surface area contributed by atoms with Gasteiger partial charge in [-0.1, -0.05) is 13.8 Å². The standard InChI is InChI=1S/C16H29NO4/c1-6-12(2)14(18)20-11-13-9-7-8-10-17(13)15(19)21-16(3,4)5/h12-13H,6-11H2,1-5H3. The summed E-state index contributed by atoms with van der Waals surface area (Å²) in [5.74, 6) is -0.282. The molecule has 1 fully saturated rings. The third kappa shape index (κ3) is 5.94. The molecule has 0 spiro atoms. The second-order valence-electron chi connectivity index (χ2n) is 6.76. The van der Waals surface area contributed by atoms with Gasteiger partial charge in [-0.2, -0.15) is 0 Å². The molecule has 1 aliphatic rings. The number of hydrogen-bond donors (Lipinski definition) is 0. The van der Waals surface area contributed by atoms with Crippen LogP contribution in [0.15, 0.2) is 0 Å². The summed E-state index contributed by atoms with van der Waals surface area (Å²) >= 11 is 0. The zero-order chi connectivity index (χ0) is 16.0. The van der Waals surface area contributed by atoms with E-state index in [0.29, 0.717) is 6.54 Å². The number of ether oxygens (including phenoxy) is 2. The molecule has 1 amide bonds. The van der Waals surface area contributed by atoms with Crippen molar-refractivity contribution in [3.05, 3.63) is 0 Å². The van der Waals surface area contributed by atoms with Crippen molar-refractivity contribution in [1.29, 1.82) is 0 Å². The highest BCUT2D eigenvalue weighted by Gasteiger charge is 2.31. The number of nitrogens with zero attached hydrogens (tertiary/aromatic N) is 1. The summed E-state index contributed by atoms with van der Waals surface area (Å²) < 4.78 is 10.8. The van der Waals surface area contributed by atoms with Gasteiger partial charge in [0.15, 0.2) is 0 Å². The molecule has 0 aromatic carbocycles. The minimum atomic E-state index is -0.507. The lowest BCUT2D eigenvalue weighted by Crippen LogP contribution is -2.48. The fraction of sp³-hybridized carbons (Fsp3) is 0.875. The molecule has 0 saturated carbocycles. The molecule has 1 saturated heterocycles. The molecule has 21 heavy (non-hydrogen) atoms. The largest absolute Gasteiger partial charge is 0.463 e. The van der Waals surface area contributed by atoms with Gasteiger partial charge in [-0.05, 0) is 46.5 Å². The van der Waals surface area contributed by atoms with Gasteiger partial charge in [-0.15, -0.1) is 0 Å². The first kappa shape index (κ1) is 17.8. The van der Waals surface area contributed by atoms with E-state index in [1.54, 1.807) is 4.90 Å². The van der Waals surface area contributed by atoms with Crippen molar-refractivity contribution in [3.8, 4) is 0 Å². The molecule has 0 radical (unpaired) electrons. The fourth-order valence-corrected chi connectivity index (χ4v) is 2.22. The van der Waals surface area contributed by atoms with Crippen molar-refractivity contribution >= 4 is 12.1 Å². The predicted octanol–water partition coefficient (Wildman–Crippen LogP) is 3.37. The average Bonchev–Trinajstić information content (AvgIpc) is 2.42. The lowest BCUT2D eigenvalue weighted by atomic mass is 10.0. The van der Waals surface area contributed by atoms with Gasteiger partial charge in [0.25, 0.3) is 0 Å². The SMILES string of the molecule is CCC(C)C(=O)OCC1CCCCN1C(=O)OC(C)(C)C. The van der Waals surface area contributed by atoms with Gasteiger partial charge in [0.2, 0.25) is 0 Å². The van der Waals surface area contributed by atoms with Gasteiger partial charge in [0.1, 0.15) is 12.2 Å². The van der Waals surface area contributed by atoms with Crippen LogP contribution in [0.3, 0.4) is 0 Å². The maximum absolute atomic E-state index is 12.2. The Hall–Kier alpha value is -1.26. The summed E-state index contributed by atoms with van der Waals surface area (Å²) in [5, 5.41) is 0. The molecule has 1 aliphatic heterocycles. The van der Waals surface area contributed by atoms with Gasteiger partial charge in [-0.3, -0.25) is 4.79 Å². The predicted molar refractivity (Wildman–Crippen MR) is 81.0 cm³/mol. The van der Waals surface area contributed by atoms with Crippen LogP contribution in [0.5, 0.6) is 0 Å². The first-order valence-corrected chi connectivity index (χ1v) is 7.91. The molecule has 5 heteroatoms. The number of carbonyl (C=O) groups is 2. The van der Waals surface area contributed by atoms with E-state index in [4.69, 9.17) is 9.47 Å². The maximum atomic E-state index is 12.2. The Balaban J connectivity index is 2.57. The van der Waals surface area contributed by atoms with Crippen molar-refractivity contribution in [1.82, 2.24) is 4.90 Å². The van der Waals surface area contributed by atoms with Crippen LogP contribution in [0.1, 0.15) is 60.3 Å². The van der Waals surface area contributed by atoms with E-state index in [1.165, 1.54) is 0 Å². The Morgan fingerprint density at radius 1 is 1.29 bits per heavy atom. The second kappa shape index (κ2) is 7.66. The van der Waals surface area contributed by atoms with E-state index < -0.39 is 5.60 Å². The number of rotatable bonds is 4. The quantitative estimate of drug-likeness (QED) is 0.747. The van der Waals surface area contributed by atoms with Crippen LogP contribution in [0, 0.1) is 5.92 Å². The minimum Gasteiger partial charge on any atom is -0.463 e. The summed E-state index contributed by atoms with van der Waals surface area (Å²) in [4.78, 5) is 25.7. The third-order valence-corrected chi connectivity index (χ3v) is 3.69. The van der Waals surface area contributed by atoms with E-state index in [0.717, 1.165) is 25.7 Å². The topological polar surface area (TPSA) is 55.8 Å². The summed E-state index contributed by atoms with van der Waals surface area (Å²) in [6.07, 6.45) is 3.32. The normalized spacial score (nSPS) is 20.8. The van der Waals surface area contributed by atoms with Crippen molar-refractivity contribution in [2.45, 2.75) is 71.9 Å². The van der Waals surface area contributed by atoms with E-state index in [1.807, 2.05) is 34.6 Å². The van der Waals surface area contributed by atoms with Crippen molar-refractivity contribution in [3.63, 3.8) is 0 Å². The molecule has 0 aromatic rings. The van der Waals surface area contributed by atoms with Crippen LogP contribution in [0.2, 0.25) is 0 Å². The highest BCUT2D eigenvalue weighted by atomic mass is 16.6. The Morgan fingerprint density at radius 2 is 1.95 bits per heavy atom. The number of carbonyl (C=O) groups excluding carboxylic acids is 2. The molecule has 122 valence electrons. The molecule has 0 aromatic heterocycles. The van der Waals surface area contributed by atoms with Gasteiger partial charge >= 0.3 is 12.1 Å². The minimum absolute atomic E-state index is 0.0680. The molecule has 1 heterocycles. The number of piperidine rings is 1. The number of likely N-dealkylation sites (tertiary alicyclic amines) is 1. The Morgan fingerprint density at radius 3 is 2.52 bits per heavy atom. The zero-order valence-electron chi connectivity index (χ0n) is 14.0. The van der Waals surface area contributed by atoms with E-state index in [2.05, 4.69) is 0 Å². The van der Waals surface area contributed by atoms with E-state index in [9.17, 15) is 9.59 Å². The lowest BCUT2D eigenvalue weighted by molar-refractivity contribution is -0.150. The Bertz CT molecular complexity index is 362. The van der Waals surface area contributed by atoms with E-state index >= 15 is 0 Å². The smallest absolute Gasteiger partial charge is 0.410 e. The second-order valence-corrected chi connectivity index (χ2v) is 6.76. The zero-order valence-corrected chi connectivity index (χ0v) is 14.0. The fourth-order valence-electron chi connectivity index (χ4n) is 2.22. The Labute approximate surface area is 128 Å². The van der Waals surface area contributed by atoms with Crippen LogP contribution in [0.4, 0.5) is 4.79 Å². The molecule has 2 atom stereocenters. The molecule has 2 unspecified atom stereocenters. The van der Waals surface area contributed by atoms with Crippen LogP contribution >= 0.6 is 0 Å². The van der Waals surface area contributed by atoms with Crippen LogP contribution < -0.4 is 0 Å². The van der Waals surface area contributed by atoms with Crippen molar-refractivity contribution in [2.75, 3.05) is 13.2 Å². The first-order valence-electron chi connectivity index (χ1n) is 7.91. The molecule has 0 N–H and O–H groups in total. The number of esters is 1. The summed E-state index contributed by atoms with van der Waals surface area (Å²) in [6, 6.07) is -0.0680. The summed E-state index contributed by atoms with van der Waals surface area (Å²) in [5.41, 5.74) is -0.507. The molecule has 0 bridgehead atoms. The molecule has 0 aliphatic carbocycles.